The fourth-order valence-corrected chi connectivity index (χ4v) is 2.16. The van der Waals surface area contributed by atoms with Crippen LogP contribution in [0.4, 0.5) is 11.4 Å². The zero-order chi connectivity index (χ0) is 15.6. The van der Waals surface area contributed by atoms with Gasteiger partial charge < -0.3 is 15.0 Å². The molecule has 1 aromatic heterocycles. The summed E-state index contributed by atoms with van der Waals surface area (Å²) in [5, 5.41) is 3.07. The van der Waals surface area contributed by atoms with Crippen LogP contribution in [0.15, 0.2) is 27.9 Å². The summed E-state index contributed by atoms with van der Waals surface area (Å²) in [6.07, 6.45) is 1.37. The summed E-state index contributed by atoms with van der Waals surface area (Å²) in [7, 11) is 1.63. The second kappa shape index (κ2) is 5.87. The third kappa shape index (κ3) is 3.16. The van der Waals surface area contributed by atoms with Gasteiger partial charge in [0.1, 0.15) is 11.4 Å². The molecule has 0 aliphatic heterocycles. The number of hydrogen-bond acceptors (Lipinski definition) is 4. The van der Waals surface area contributed by atoms with Gasteiger partial charge in [-0.05, 0) is 36.1 Å². The SMILES string of the molecule is COc1cc(C(C)C)c(Nc2c[nH]c(=O)[nH]c2=O)cc1C. The van der Waals surface area contributed by atoms with Crippen LogP contribution in [0.25, 0.3) is 0 Å². The Morgan fingerprint density at radius 2 is 1.90 bits per heavy atom. The molecule has 0 bridgehead atoms. The number of nitrogens with one attached hydrogen (secondary N) is 3. The van der Waals surface area contributed by atoms with Crippen molar-refractivity contribution in [1.29, 1.82) is 0 Å². The molecule has 0 saturated heterocycles. The summed E-state index contributed by atoms with van der Waals surface area (Å²) >= 11 is 0. The second-order valence-electron chi connectivity index (χ2n) is 5.17. The Morgan fingerprint density at radius 1 is 1.19 bits per heavy atom. The van der Waals surface area contributed by atoms with Crippen molar-refractivity contribution in [2.24, 2.45) is 0 Å². The Balaban J connectivity index is 2.50. The van der Waals surface area contributed by atoms with Gasteiger partial charge in [-0.25, -0.2) is 4.79 Å². The van der Waals surface area contributed by atoms with E-state index in [-0.39, 0.29) is 5.92 Å². The molecule has 1 heterocycles. The molecule has 0 fully saturated rings. The molecule has 112 valence electrons. The molecule has 6 nitrogen and oxygen atoms in total. The fraction of sp³-hybridized carbons (Fsp3) is 0.333. The Bertz CT molecular complexity index is 759. The normalized spacial score (nSPS) is 10.7. The van der Waals surface area contributed by atoms with Gasteiger partial charge in [-0.15, -0.1) is 0 Å². The van der Waals surface area contributed by atoms with Crippen molar-refractivity contribution in [1.82, 2.24) is 9.97 Å². The van der Waals surface area contributed by atoms with Gasteiger partial charge in [-0.2, -0.15) is 0 Å². The van der Waals surface area contributed by atoms with E-state index in [4.69, 9.17) is 4.74 Å². The number of aromatic nitrogens is 2. The standard InChI is InChI=1S/C15H19N3O3/c1-8(2)10-6-13(21-4)9(3)5-11(10)17-12-7-16-15(20)18-14(12)19/h5-8,17H,1-4H3,(H2,16,18,19,20). The number of ether oxygens (including phenoxy) is 1. The van der Waals surface area contributed by atoms with Crippen LogP contribution < -0.4 is 21.3 Å². The maximum absolute atomic E-state index is 11.8. The Hall–Kier alpha value is -2.50. The van der Waals surface area contributed by atoms with E-state index in [2.05, 4.69) is 29.1 Å². The molecule has 21 heavy (non-hydrogen) atoms. The third-order valence-corrected chi connectivity index (χ3v) is 3.28. The highest BCUT2D eigenvalue weighted by atomic mass is 16.5. The minimum atomic E-state index is -0.527. The Kier molecular flexibility index (Phi) is 4.16. The van der Waals surface area contributed by atoms with Crippen LogP contribution >= 0.6 is 0 Å². The van der Waals surface area contributed by atoms with Crippen LogP contribution in [-0.2, 0) is 0 Å². The van der Waals surface area contributed by atoms with Crippen molar-refractivity contribution in [2.75, 3.05) is 12.4 Å². The molecule has 6 heteroatoms. The first-order valence-corrected chi connectivity index (χ1v) is 6.70. The highest BCUT2D eigenvalue weighted by molar-refractivity contribution is 5.65. The molecule has 0 radical (unpaired) electrons. The summed E-state index contributed by atoms with van der Waals surface area (Å²) < 4.78 is 5.34. The van der Waals surface area contributed by atoms with E-state index in [0.29, 0.717) is 5.69 Å². The Morgan fingerprint density at radius 3 is 2.48 bits per heavy atom. The van der Waals surface area contributed by atoms with Gasteiger partial charge in [-0.3, -0.25) is 9.78 Å². The van der Waals surface area contributed by atoms with Crippen LogP contribution in [-0.4, -0.2) is 17.1 Å². The van der Waals surface area contributed by atoms with Gasteiger partial charge in [0.15, 0.2) is 0 Å². The van der Waals surface area contributed by atoms with Crippen molar-refractivity contribution in [3.63, 3.8) is 0 Å². The maximum atomic E-state index is 11.8. The zero-order valence-corrected chi connectivity index (χ0v) is 12.5. The number of aryl methyl sites for hydroxylation is 1. The summed E-state index contributed by atoms with van der Waals surface area (Å²) in [6, 6.07) is 3.89. The fourth-order valence-electron chi connectivity index (χ4n) is 2.16. The van der Waals surface area contributed by atoms with E-state index < -0.39 is 11.2 Å². The van der Waals surface area contributed by atoms with E-state index in [0.717, 1.165) is 22.6 Å². The van der Waals surface area contributed by atoms with E-state index in [9.17, 15) is 9.59 Å². The molecular weight excluding hydrogens is 270 g/mol. The van der Waals surface area contributed by atoms with E-state index in [1.54, 1.807) is 7.11 Å². The predicted molar refractivity (Wildman–Crippen MR) is 82.8 cm³/mol. The van der Waals surface area contributed by atoms with Crippen molar-refractivity contribution in [3.8, 4) is 5.75 Å². The molecule has 0 spiro atoms. The highest BCUT2D eigenvalue weighted by Gasteiger charge is 2.12. The van der Waals surface area contributed by atoms with Crippen LogP contribution in [0.1, 0.15) is 30.9 Å². The largest absolute Gasteiger partial charge is 0.496 e. The van der Waals surface area contributed by atoms with Gasteiger partial charge in [0.05, 0.1) is 7.11 Å². The van der Waals surface area contributed by atoms with Crippen LogP contribution in [0.5, 0.6) is 5.75 Å². The number of H-pyrrole nitrogens is 2. The Labute approximate surface area is 122 Å². The molecule has 0 atom stereocenters. The van der Waals surface area contributed by atoms with E-state index in [1.165, 1.54) is 6.20 Å². The van der Waals surface area contributed by atoms with Gasteiger partial charge >= 0.3 is 5.69 Å². The highest BCUT2D eigenvalue weighted by Crippen LogP contribution is 2.32. The first-order chi connectivity index (χ1) is 9.92. The molecule has 0 aliphatic rings. The molecule has 2 aromatic rings. The first-order valence-electron chi connectivity index (χ1n) is 6.70. The van der Waals surface area contributed by atoms with Gasteiger partial charge in [-0.1, -0.05) is 13.8 Å². The number of aromatic amines is 2. The predicted octanol–water partition coefficient (Wildman–Crippen LogP) is 2.25. The first kappa shape index (κ1) is 14.9. The van der Waals surface area contributed by atoms with Gasteiger partial charge in [0, 0.05) is 11.9 Å². The minimum Gasteiger partial charge on any atom is -0.496 e. The molecule has 0 aliphatic carbocycles. The lowest BCUT2D eigenvalue weighted by atomic mass is 9.98. The monoisotopic (exact) mass is 289 g/mol. The summed E-state index contributed by atoms with van der Waals surface area (Å²) in [4.78, 5) is 27.5. The average molecular weight is 289 g/mol. The molecule has 1 aromatic carbocycles. The molecular formula is C15H19N3O3. The lowest BCUT2D eigenvalue weighted by molar-refractivity contribution is 0.411. The van der Waals surface area contributed by atoms with E-state index >= 15 is 0 Å². The van der Waals surface area contributed by atoms with E-state index in [1.807, 2.05) is 19.1 Å². The molecule has 0 unspecified atom stereocenters. The van der Waals surface area contributed by atoms with Crippen molar-refractivity contribution in [2.45, 2.75) is 26.7 Å². The molecule has 0 saturated carbocycles. The second-order valence-corrected chi connectivity index (χ2v) is 5.17. The minimum absolute atomic E-state index is 0.254. The third-order valence-electron chi connectivity index (χ3n) is 3.28. The average Bonchev–Trinajstić information content (AvgIpc) is 2.41. The number of benzene rings is 1. The smallest absolute Gasteiger partial charge is 0.325 e. The van der Waals surface area contributed by atoms with Crippen molar-refractivity contribution >= 4 is 11.4 Å². The maximum Gasteiger partial charge on any atom is 0.325 e. The molecule has 2 rings (SSSR count). The topological polar surface area (TPSA) is 87.0 Å². The molecule has 3 N–H and O–H groups in total. The number of methoxy groups -OCH3 is 1. The van der Waals surface area contributed by atoms with Gasteiger partial charge in [0.25, 0.3) is 5.56 Å². The summed E-state index contributed by atoms with van der Waals surface area (Å²) in [5.74, 6) is 1.06. The molecule has 0 amide bonds. The lowest BCUT2D eigenvalue weighted by Gasteiger charge is -2.17. The van der Waals surface area contributed by atoms with Crippen molar-refractivity contribution in [3.05, 3.63) is 50.3 Å². The number of anilines is 2. The summed E-state index contributed by atoms with van der Waals surface area (Å²) in [5.41, 5.74) is 2.12. The van der Waals surface area contributed by atoms with Gasteiger partial charge in [0.2, 0.25) is 0 Å². The zero-order valence-electron chi connectivity index (χ0n) is 12.5. The summed E-state index contributed by atoms with van der Waals surface area (Å²) in [6.45, 7) is 6.06. The van der Waals surface area contributed by atoms with Crippen molar-refractivity contribution < 1.29 is 4.74 Å². The van der Waals surface area contributed by atoms with Crippen LogP contribution in [0.2, 0.25) is 0 Å². The number of hydrogen-bond donors (Lipinski definition) is 3. The lowest BCUT2D eigenvalue weighted by Crippen LogP contribution is -2.23. The van der Waals surface area contributed by atoms with Crippen LogP contribution in [0, 0.1) is 6.92 Å². The van der Waals surface area contributed by atoms with Crippen LogP contribution in [0.3, 0.4) is 0 Å². The number of rotatable bonds is 4. The quantitative estimate of drug-likeness (QED) is 0.805.